The average Bonchev–Trinajstić information content (AvgIpc) is 2.05. The molecule has 0 aliphatic carbocycles. The second-order valence-corrected chi connectivity index (χ2v) is 2.11. The lowest BCUT2D eigenvalue weighted by molar-refractivity contribution is -0.351. The van der Waals surface area contributed by atoms with E-state index >= 15 is 0 Å². The summed E-state index contributed by atoms with van der Waals surface area (Å²) in [7, 11) is 1.53. The van der Waals surface area contributed by atoms with Crippen LogP contribution in [-0.4, -0.2) is 25.7 Å². The number of ether oxygens (including phenoxy) is 2. The maximum Gasteiger partial charge on any atom is 0.487 e. The molecule has 10 heavy (non-hydrogen) atoms. The quantitative estimate of drug-likeness (QED) is 0.595. The summed E-state index contributed by atoms with van der Waals surface area (Å²) in [5.74, 6) is 0. The predicted molar refractivity (Wildman–Crippen MR) is 29.4 cm³/mol. The Labute approximate surface area is 57.3 Å². The summed E-state index contributed by atoms with van der Waals surface area (Å²) in [6.45, 7) is 1.52. The zero-order valence-electron chi connectivity index (χ0n) is 5.73. The highest BCUT2D eigenvalue weighted by atomic mass is 19.3. The van der Waals surface area contributed by atoms with Crippen molar-refractivity contribution in [1.29, 1.82) is 0 Å². The van der Waals surface area contributed by atoms with Crippen LogP contribution in [0.3, 0.4) is 0 Å². The van der Waals surface area contributed by atoms with Crippen LogP contribution in [0.1, 0.15) is 6.92 Å². The predicted octanol–water partition coefficient (Wildman–Crippen LogP) is 0.517. The normalized spacial score (nSPS) is 38.4. The topological polar surface area (TPSA) is 30.5 Å². The SMILES string of the molecule is CNC1OC(F)(F)OC1C. The molecule has 1 N–H and O–H groups in total. The lowest BCUT2D eigenvalue weighted by atomic mass is 10.4. The molecule has 0 radical (unpaired) electrons. The minimum atomic E-state index is -3.42. The molecule has 0 saturated carbocycles. The van der Waals surface area contributed by atoms with Gasteiger partial charge in [-0.3, -0.25) is 14.8 Å². The van der Waals surface area contributed by atoms with E-state index in [-0.39, 0.29) is 0 Å². The molecule has 0 aromatic heterocycles. The van der Waals surface area contributed by atoms with Crippen LogP contribution < -0.4 is 5.32 Å². The molecule has 2 unspecified atom stereocenters. The molecular weight excluding hydrogens is 144 g/mol. The molecule has 1 saturated heterocycles. The van der Waals surface area contributed by atoms with Crippen LogP contribution >= 0.6 is 0 Å². The first-order valence-corrected chi connectivity index (χ1v) is 2.96. The van der Waals surface area contributed by atoms with E-state index in [1.165, 1.54) is 14.0 Å². The van der Waals surface area contributed by atoms with Crippen molar-refractivity contribution >= 4 is 0 Å². The largest absolute Gasteiger partial charge is 0.487 e. The number of nitrogens with one attached hydrogen (secondary N) is 1. The van der Waals surface area contributed by atoms with Crippen molar-refractivity contribution in [2.45, 2.75) is 25.6 Å². The standard InChI is InChI=1S/C5H9F2NO2/c1-3-4(8-2)10-5(6,7)9-3/h3-4,8H,1-2H3. The van der Waals surface area contributed by atoms with Gasteiger partial charge in [-0.05, 0) is 14.0 Å². The molecule has 1 aliphatic rings. The van der Waals surface area contributed by atoms with Gasteiger partial charge in [0.1, 0.15) is 12.3 Å². The van der Waals surface area contributed by atoms with Gasteiger partial charge in [-0.15, -0.1) is 8.78 Å². The Morgan fingerprint density at radius 1 is 1.40 bits per heavy atom. The van der Waals surface area contributed by atoms with Crippen molar-refractivity contribution in [3.05, 3.63) is 0 Å². The zero-order valence-corrected chi connectivity index (χ0v) is 5.73. The Kier molecular flexibility index (Phi) is 1.89. The van der Waals surface area contributed by atoms with Crippen molar-refractivity contribution in [2.75, 3.05) is 7.05 Å². The van der Waals surface area contributed by atoms with Crippen molar-refractivity contribution in [3.8, 4) is 0 Å². The highest BCUT2D eigenvalue weighted by Gasteiger charge is 2.46. The molecular formula is C5H9F2NO2. The second kappa shape index (κ2) is 2.41. The van der Waals surface area contributed by atoms with E-state index in [9.17, 15) is 8.78 Å². The lowest BCUT2D eigenvalue weighted by Gasteiger charge is -2.08. The highest BCUT2D eigenvalue weighted by Crippen LogP contribution is 2.29. The van der Waals surface area contributed by atoms with Crippen molar-refractivity contribution in [2.24, 2.45) is 0 Å². The molecule has 5 heteroatoms. The van der Waals surface area contributed by atoms with Gasteiger partial charge in [0, 0.05) is 0 Å². The summed E-state index contributed by atoms with van der Waals surface area (Å²) < 4.78 is 32.6. The summed E-state index contributed by atoms with van der Waals surface area (Å²) >= 11 is 0. The van der Waals surface area contributed by atoms with Crippen LogP contribution in [0.4, 0.5) is 8.78 Å². The first kappa shape index (κ1) is 7.84. The van der Waals surface area contributed by atoms with E-state index in [2.05, 4.69) is 14.8 Å². The smallest absolute Gasteiger partial charge is 0.293 e. The summed E-state index contributed by atoms with van der Waals surface area (Å²) in [5, 5.41) is 2.54. The Morgan fingerprint density at radius 2 is 2.00 bits per heavy atom. The number of hydrogen-bond donors (Lipinski definition) is 1. The number of halogens is 2. The van der Waals surface area contributed by atoms with Gasteiger partial charge < -0.3 is 0 Å². The molecule has 0 spiro atoms. The Morgan fingerprint density at radius 3 is 2.20 bits per heavy atom. The fourth-order valence-corrected chi connectivity index (χ4v) is 0.843. The van der Waals surface area contributed by atoms with Crippen LogP contribution in [0.2, 0.25) is 0 Å². The molecule has 3 nitrogen and oxygen atoms in total. The molecule has 1 fully saturated rings. The maximum absolute atomic E-state index is 12.1. The van der Waals surface area contributed by atoms with Gasteiger partial charge in [-0.2, -0.15) is 0 Å². The first-order valence-electron chi connectivity index (χ1n) is 2.96. The Bertz CT molecular complexity index is 131. The first-order chi connectivity index (χ1) is 4.55. The van der Waals surface area contributed by atoms with Gasteiger partial charge in [0.15, 0.2) is 0 Å². The third-order valence-corrected chi connectivity index (χ3v) is 1.30. The molecule has 1 aliphatic heterocycles. The third kappa shape index (κ3) is 1.42. The molecule has 1 rings (SSSR count). The van der Waals surface area contributed by atoms with E-state index < -0.39 is 18.6 Å². The average molecular weight is 153 g/mol. The van der Waals surface area contributed by atoms with Crippen LogP contribution in [-0.2, 0) is 9.47 Å². The van der Waals surface area contributed by atoms with E-state index in [1.807, 2.05) is 0 Å². The van der Waals surface area contributed by atoms with Crippen LogP contribution in [0.15, 0.2) is 0 Å². The van der Waals surface area contributed by atoms with Gasteiger partial charge in [0.2, 0.25) is 0 Å². The highest BCUT2D eigenvalue weighted by molar-refractivity contribution is 4.68. The monoisotopic (exact) mass is 153 g/mol. The van der Waals surface area contributed by atoms with E-state index in [0.717, 1.165) is 0 Å². The Balaban J connectivity index is 2.52. The molecule has 2 atom stereocenters. The van der Waals surface area contributed by atoms with Crippen LogP contribution in [0.25, 0.3) is 0 Å². The second-order valence-electron chi connectivity index (χ2n) is 2.11. The molecule has 0 amide bonds. The summed E-state index contributed by atoms with van der Waals surface area (Å²) in [6, 6.07) is 0. The van der Waals surface area contributed by atoms with Crippen LogP contribution in [0.5, 0.6) is 0 Å². The molecule has 1 heterocycles. The summed E-state index contributed by atoms with van der Waals surface area (Å²) in [4.78, 5) is 0. The maximum atomic E-state index is 12.1. The third-order valence-electron chi connectivity index (χ3n) is 1.30. The Hall–Kier alpha value is -0.260. The molecule has 60 valence electrons. The number of hydrogen-bond acceptors (Lipinski definition) is 3. The number of rotatable bonds is 1. The van der Waals surface area contributed by atoms with Crippen LogP contribution in [0, 0.1) is 0 Å². The van der Waals surface area contributed by atoms with E-state index in [0.29, 0.717) is 0 Å². The van der Waals surface area contributed by atoms with Gasteiger partial charge in [-0.25, -0.2) is 0 Å². The molecule has 0 bridgehead atoms. The van der Waals surface area contributed by atoms with Crippen molar-refractivity contribution < 1.29 is 18.3 Å². The molecule has 0 aromatic carbocycles. The van der Waals surface area contributed by atoms with Gasteiger partial charge in [0.05, 0.1) is 0 Å². The van der Waals surface area contributed by atoms with Gasteiger partial charge in [-0.1, -0.05) is 0 Å². The minimum absolute atomic E-state index is 0.611. The fraction of sp³-hybridized carbons (Fsp3) is 1.00. The summed E-state index contributed by atoms with van der Waals surface area (Å²) in [6.07, 6.45) is -4.75. The van der Waals surface area contributed by atoms with Gasteiger partial charge in [0.25, 0.3) is 0 Å². The molecule has 0 aromatic rings. The van der Waals surface area contributed by atoms with Crippen molar-refractivity contribution in [3.63, 3.8) is 0 Å². The number of alkyl halides is 2. The van der Waals surface area contributed by atoms with Crippen molar-refractivity contribution in [1.82, 2.24) is 5.32 Å². The fourth-order valence-electron chi connectivity index (χ4n) is 0.843. The number of likely N-dealkylation sites (N-methyl/N-ethyl adjacent to an activating group) is 1. The van der Waals surface area contributed by atoms with E-state index in [4.69, 9.17) is 0 Å². The minimum Gasteiger partial charge on any atom is -0.293 e. The summed E-state index contributed by atoms with van der Waals surface area (Å²) in [5.41, 5.74) is 0. The van der Waals surface area contributed by atoms with Gasteiger partial charge >= 0.3 is 6.29 Å². The zero-order chi connectivity index (χ0) is 7.78. The lowest BCUT2D eigenvalue weighted by Crippen LogP contribution is -2.33. The van der Waals surface area contributed by atoms with E-state index in [1.54, 1.807) is 0 Å².